The molecule has 0 radical (unpaired) electrons. The third-order valence-electron chi connectivity index (χ3n) is 5.88. The van der Waals surface area contributed by atoms with Crippen molar-refractivity contribution in [3.05, 3.63) is 58.5 Å². The number of nitrogens with zero attached hydrogens (tertiary/aromatic N) is 4. The summed E-state index contributed by atoms with van der Waals surface area (Å²) in [5.41, 5.74) is 2.12. The monoisotopic (exact) mass is 487 g/mol. The molecule has 1 aliphatic heterocycles. The number of amides is 1. The summed E-state index contributed by atoms with van der Waals surface area (Å²) in [7, 11) is -3.48. The van der Waals surface area contributed by atoms with Crippen LogP contribution in [0.15, 0.2) is 44.5 Å². The average molecular weight is 488 g/mol. The Labute approximate surface area is 196 Å². The van der Waals surface area contributed by atoms with E-state index < -0.39 is 10.0 Å². The van der Waals surface area contributed by atoms with E-state index in [4.69, 9.17) is 4.42 Å². The summed E-state index contributed by atoms with van der Waals surface area (Å²) in [5.74, 6) is 0.920. The maximum absolute atomic E-state index is 12.9. The first kappa shape index (κ1) is 23.3. The average Bonchev–Trinajstić information content (AvgIpc) is 3.54. The summed E-state index contributed by atoms with van der Waals surface area (Å²) in [5, 5.41) is 14.3. The number of aromatic nitrogens is 1. The van der Waals surface area contributed by atoms with Crippen LogP contribution in [0.4, 0.5) is 5.82 Å². The lowest BCUT2D eigenvalue weighted by Gasteiger charge is -2.33. The smallest absolute Gasteiger partial charge is 0.252 e. The zero-order valence-corrected chi connectivity index (χ0v) is 20.1. The first-order valence-electron chi connectivity index (χ1n) is 10.5. The van der Waals surface area contributed by atoms with Gasteiger partial charge in [-0.25, -0.2) is 8.42 Å². The highest BCUT2D eigenvalue weighted by Gasteiger charge is 2.30. The van der Waals surface area contributed by atoms with Crippen molar-refractivity contribution in [3.63, 3.8) is 0 Å². The maximum Gasteiger partial charge on any atom is 0.252 e. The van der Waals surface area contributed by atoms with Crippen molar-refractivity contribution in [2.75, 3.05) is 38.0 Å². The highest BCUT2D eigenvalue weighted by atomic mass is 32.2. The molecule has 4 heterocycles. The number of thiophene rings is 1. The van der Waals surface area contributed by atoms with Crippen LogP contribution in [0.3, 0.4) is 0 Å². The van der Waals surface area contributed by atoms with Crippen molar-refractivity contribution in [3.8, 4) is 6.07 Å². The summed E-state index contributed by atoms with van der Waals surface area (Å²) >= 11 is 1.20. The molecule has 0 atom stereocenters. The summed E-state index contributed by atoms with van der Waals surface area (Å²) in [6.45, 7) is 5.83. The zero-order chi connectivity index (χ0) is 23.6. The van der Waals surface area contributed by atoms with E-state index in [9.17, 15) is 18.5 Å². The van der Waals surface area contributed by atoms with Crippen molar-refractivity contribution in [1.29, 1.82) is 5.26 Å². The van der Waals surface area contributed by atoms with Gasteiger partial charge >= 0.3 is 0 Å². The molecule has 0 aromatic carbocycles. The van der Waals surface area contributed by atoms with E-state index in [1.165, 1.54) is 15.6 Å². The van der Waals surface area contributed by atoms with Crippen LogP contribution >= 0.6 is 11.3 Å². The largest absolute Gasteiger partial charge is 0.467 e. The van der Waals surface area contributed by atoms with Gasteiger partial charge in [-0.1, -0.05) is 6.07 Å². The Kier molecular flexibility index (Phi) is 6.71. The number of furan rings is 1. The van der Waals surface area contributed by atoms with Gasteiger partial charge < -0.3 is 14.3 Å². The normalized spacial score (nSPS) is 15.4. The van der Waals surface area contributed by atoms with Gasteiger partial charge in [-0.15, -0.1) is 11.3 Å². The number of piperazine rings is 1. The van der Waals surface area contributed by atoms with E-state index in [1.54, 1.807) is 29.8 Å². The van der Waals surface area contributed by atoms with E-state index in [-0.39, 0.29) is 12.5 Å². The van der Waals surface area contributed by atoms with Gasteiger partial charge in [-0.2, -0.15) is 9.57 Å². The molecule has 1 fully saturated rings. The molecule has 3 aromatic heterocycles. The van der Waals surface area contributed by atoms with Crippen LogP contribution in [-0.2, 0) is 21.4 Å². The van der Waals surface area contributed by atoms with E-state index in [2.05, 4.69) is 11.4 Å². The molecule has 4 rings (SSSR count). The van der Waals surface area contributed by atoms with Crippen molar-refractivity contribution in [1.82, 2.24) is 13.8 Å². The van der Waals surface area contributed by atoms with Crippen LogP contribution in [0.1, 0.15) is 22.6 Å². The van der Waals surface area contributed by atoms with Crippen LogP contribution in [0.25, 0.3) is 0 Å². The number of rotatable bonds is 7. The van der Waals surface area contributed by atoms with Gasteiger partial charge in [-0.05, 0) is 43.0 Å². The number of nitrogens with one attached hydrogen (secondary N) is 1. The fraction of sp³-hybridized carbons (Fsp3) is 0.364. The van der Waals surface area contributed by atoms with E-state index in [0.29, 0.717) is 48.3 Å². The molecule has 0 saturated carbocycles. The zero-order valence-electron chi connectivity index (χ0n) is 18.4. The molecule has 0 spiro atoms. The van der Waals surface area contributed by atoms with Crippen LogP contribution in [0.2, 0.25) is 0 Å². The number of carbonyl (C=O) groups is 1. The molecule has 1 N–H and O–H groups in total. The van der Waals surface area contributed by atoms with Crippen LogP contribution in [0.5, 0.6) is 0 Å². The third kappa shape index (κ3) is 4.74. The fourth-order valence-electron chi connectivity index (χ4n) is 3.93. The third-order valence-corrected chi connectivity index (χ3v) is 9.15. The summed E-state index contributed by atoms with van der Waals surface area (Å²) < 4.78 is 34.5. The minimum absolute atomic E-state index is 0.113. The van der Waals surface area contributed by atoms with Crippen LogP contribution < -0.4 is 5.32 Å². The Bertz CT molecular complexity index is 1260. The molecule has 174 valence electrons. The van der Waals surface area contributed by atoms with Crippen molar-refractivity contribution in [2.24, 2.45) is 0 Å². The molecule has 1 saturated heterocycles. The van der Waals surface area contributed by atoms with Gasteiger partial charge in [0.15, 0.2) is 0 Å². The molecule has 0 unspecified atom stereocenters. The van der Waals surface area contributed by atoms with Gasteiger partial charge in [0, 0.05) is 31.9 Å². The Morgan fingerprint density at radius 2 is 1.97 bits per heavy atom. The van der Waals surface area contributed by atoms with Crippen molar-refractivity contribution < 1.29 is 17.6 Å². The lowest BCUT2D eigenvalue weighted by Crippen LogP contribution is -2.50. The first-order valence-corrected chi connectivity index (χ1v) is 12.8. The highest BCUT2D eigenvalue weighted by Crippen LogP contribution is 2.27. The summed E-state index contributed by atoms with van der Waals surface area (Å²) in [6, 6.07) is 9.16. The second-order valence-electron chi connectivity index (χ2n) is 7.87. The SMILES string of the molecule is Cc1c(C#N)c(NC(=O)CN2CCN(S(=O)(=O)c3cccs3)CC2)n(Cc2ccco2)c1C. The number of nitriles is 1. The molecule has 33 heavy (non-hydrogen) atoms. The quantitative estimate of drug-likeness (QED) is 0.548. The summed E-state index contributed by atoms with van der Waals surface area (Å²) in [6.07, 6.45) is 1.59. The van der Waals surface area contributed by atoms with Crippen LogP contribution in [-0.4, -0.2) is 60.8 Å². The van der Waals surface area contributed by atoms with Crippen LogP contribution in [0, 0.1) is 25.2 Å². The number of sulfonamides is 1. The fourth-order valence-corrected chi connectivity index (χ4v) is 6.49. The molecule has 1 amide bonds. The van der Waals surface area contributed by atoms with E-state index in [1.807, 2.05) is 29.4 Å². The first-order chi connectivity index (χ1) is 15.8. The number of hydrogen-bond acceptors (Lipinski definition) is 7. The molecule has 1 aliphatic rings. The second kappa shape index (κ2) is 9.52. The minimum Gasteiger partial charge on any atom is -0.467 e. The van der Waals surface area contributed by atoms with Gasteiger partial charge in [0.05, 0.1) is 24.9 Å². The predicted octanol–water partition coefficient (Wildman–Crippen LogP) is 2.62. The maximum atomic E-state index is 12.9. The molecule has 0 aliphatic carbocycles. The van der Waals surface area contributed by atoms with Crippen molar-refractivity contribution >= 4 is 33.1 Å². The lowest BCUT2D eigenvalue weighted by atomic mass is 10.2. The van der Waals surface area contributed by atoms with E-state index >= 15 is 0 Å². The topological polar surface area (TPSA) is 112 Å². The van der Waals surface area contributed by atoms with Gasteiger partial charge in [0.1, 0.15) is 21.9 Å². The van der Waals surface area contributed by atoms with Gasteiger partial charge in [0.2, 0.25) is 5.91 Å². The summed E-state index contributed by atoms with van der Waals surface area (Å²) in [4.78, 5) is 14.8. The number of anilines is 1. The lowest BCUT2D eigenvalue weighted by molar-refractivity contribution is -0.117. The molecular weight excluding hydrogens is 462 g/mol. The number of hydrogen-bond donors (Lipinski definition) is 1. The number of carbonyl (C=O) groups excluding carboxylic acids is 1. The minimum atomic E-state index is -3.48. The Morgan fingerprint density at radius 1 is 1.21 bits per heavy atom. The Balaban J connectivity index is 1.42. The second-order valence-corrected chi connectivity index (χ2v) is 11.0. The van der Waals surface area contributed by atoms with Gasteiger partial charge in [-0.3, -0.25) is 9.69 Å². The standard InChI is InChI=1S/C22H25N5O4S2/c1-16-17(2)27(14-18-5-3-11-31-18)22(19(16)13-23)24-20(28)15-25-7-9-26(10-8-25)33(29,30)21-6-4-12-32-21/h3-6,11-12H,7-10,14-15H2,1-2H3,(H,24,28). The molecular formula is C22H25N5O4S2. The van der Waals surface area contributed by atoms with Gasteiger partial charge in [0.25, 0.3) is 10.0 Å². The molecule has 9 nitrogen and oxygen atoms in total. The van der Waals surface area contributed by atoms with Crippen molar-refractivity contribution in [2.45, 2.75) is 24.6 Å². The molecule has 11 heteroatoms. The molecule has 3 aromatic rings. The molecule has 0 bridgehead atoms. The Hall–Kier alpha value is -2.91. The Morgan fingerprint density at radius 3 is 2.58 bits per heavy atom. The highest BCUT2D eigenvalue weighted by molar-refractivity contribution is 7.91. The van der Waals surface area contributed by atoms with E-state index in [0.717, 1.165) is 17.0 Å². The predicted molar refractivity (Wildman–Crippen MR) is 125 cm³/mol.